The molecule has 10 N–H and O–H groups in total. The number of anilines is 2. The van der Waals surface area contributed by atoms with Crippen molar-refractivity contribution in [2.24, 2.45) is 0 Å². The number of nitrogen functional groups attached to an aromatic ring is 1. The second kappa shape index (κ2) is 10.3. The molecule has 0 aliphatic rings. The normalized spacial score (nSPS) is 13.5. The molecule has 12 nitrogen and oxygen atoms in total. The maximum absolute atomic E-state index is 12.3. The Balaban J connectivity index is 1.69. The highest BCUT2D eigenvalue weighted by molar-refractivity contribution is 7.13. The first-order chi connectivity index (χ1) is 16.4. The summed E-state index contributed by atoms with van der Waals surface area (Å²) in [5.74, 6) is -10.6. The van der Waals surface area contributed by atoms with Crippen LogP contribution >= 0.6 is 11.3 Å². The molecule has 1 amide bonds. The maximum Gasteiger partial charge on any atom is 0.291 e. The highest BCUT2D eigenvalue weighted by Gasteiger charge is 2.49. The summed E-state index contributed by atoms with van der Waals surface area (Å²) >= 11 is 0.918. The van der Waals surface area contributed by atoms with Crippen molar-refractivity contribution in [3.63, 3.8) is 0 Å². The number of amides is 1. The minimum atomic E-state index is -3.20. The summed E-state index contributed by atoms with van der Waals surface area (Å²) in [6.45, 7) is -0.180. The molecule has 1 aromatic heterocycles. The molecule has 0 aliphatic carbocycles. The lowest BCUT2D eigenvalue weighted by Gasteiger charge is -2.36. The van der Waals surface area contributed by atoms with Crippen LogP contribution in [0, 0.1) is 0 Å². The third-order valence-corrected chi connectivity index (χ3v) is 5.89. The molecular formula is C22H26N4O8S. The topological polar surface area (TPSA) is 211 Å². The number of hydrogen-bond donors (Lipinski definition) is 9. The van der Waals surface area contributed by atoms with Gasteiger partial charge in [0.1, 0.15) is 5.69 Å². The number of nitrogens with zero attached hydrogens (tertiary/aromatic N) is 1. The lowest BCUT2D eigenvalue weighted by Crippen LogP contribution is -2.62. The molecule has 13 heteroatoms. The summed E-state index contributed by atoms with van der Waals surface area (Å²) in [6.07, 6.45) is -0.617. The highest BCUT2D eigenvalue weighted by atomic mass is 32.1. The van der Waals surface area contributed by atoms with E-state index in [1.54, 1.807) is 30.3 Å². The van der Waals surface area contributed by atoms with Crippen LogP contribution < -0.4 is 16.4 Å². The largest absolute Gasteiger partial charge is 0.375 e. The van der Waals surface area contributed by atoms with Crippen LogP contribution in [0.25, 0.3) is 0 Å². The van der Waals surface area contributed by atoms with Gasteiger partial charge in [-0.25, -0.2) is 4.98 Å². The van der Waals surface area contributed by atoms with E-state index in [1.165, 1.54) is 24.6 Å². The monoisotopic (exact) mass is 506 g/mol. The zero-order chi connectivity index (χ0) is 25.9. The number of carbonyl (C=O) groups excluding carboxylic acids is 1. The fraction of sp³-hybridized carbons (Fsp3) is 0.273. The fourth-order valence-electron chi connectivity index (χ4n) is 3.13. The average molecular weight is 507 g/mol. The molecular weight excluding hydrogens is 480 g/mol. The van der Waals surface area contributed by atoms with Crippen molar-refractivity contribution in [1.29, 1.82) is 0 Å². The Kier molecular flexibility index (Phi) is 7.86. The van der Waals surface area contributed by atoms with Gasteiger partial charge < -0.3 is 46.4 Å². The minimum Gasteiger partial charge on any atom is -0.375 e. The number of thiazole rings is 1. The van der Waals surface area contributed by atoms with Gasteiger partial charge in [0, 0.05) is 30.3 Å². The number of rotatable bonds is 10. The summed E-state index contributed by atoms with van der Waals surface area (Å²) in [6, 6.07) is 13.5. The molecule has 0 aliphatic heterocycles. The third-order valence-electron chi connectivity index (χ3n) is 5.22. The molecule has 0 saturated carbocycles. The summed E-state index contributed by atoms with van der Waals surface area (Å²) in [7, 11) is 1.42. The summed E-state index contributed by atoms with van der Waals surface area (Å²) in [4.78, 5) is 16.0. The van der Waals surface area contributed by atoms with Gasteiger partial charge in [0.05, 0.1) is 6.10 Å². The molecule has 0 saturated heterocycles. The van der Waals surface area contributed by atoms with Crippen molar-refractivity contribution < 1.29 is 40.2 Å². The van der Waals surface area contributed by atoms with E-state index in [4.69, 9.17) is 10.5 Å². The molecule has 188 valence electrons. The Morgan fingerprint density at radius 3 is 2.23 bits per heavy atom. The molecule has 2 aromatic carbocycles. The third kappa shape index (κ3) is 5.82. The molecule has 0 bridgehead atoms. The predicted octanol–water partition coefficient (Wildman–Crippen LogP) is -0.745. The van der Waals surface area contributed by atoms with E-state index < -0.39 is 29.5 Å². The Hall–Kier alpha value is -2.98. The predicted molar refractivity (Wildman–Crippen MR) is 125 cm³/mol. The van der Waals surface area contributed by atoms with Gasteiger partial charge in [-0.2, -0.15) is 0 Å². The van der Waals surface area contributed by atoms with E-state index in [2.05, 4.69) is 15.6 Å². The molecule has 3 rings (SSSR count). The minimum absolute atomic E-state index is 0.0394. The van der Waals surface area contributed by atoms with Crippen LogP contribution in [0.1, 0.15) is 22.9 Å². The van der Waals surface area contributed by atoms with Gasteiger partial charge in [0.25, 0.3) is 23.4 Å². The van der Waals surface area contributed by atoms with Crippen LogP contribution in [0.15, 0.2) is 60.0 Å². The van der Waals surface area contributed by atoms with Gasteiger partial charge >= 0.3 is 0 Å². The average Bonchev–Trinajstić information content (AvgIpc) is 3.27. The van der Waals surface area contributed by atoms with Crippen molar-refractivity contribution in [2.45, 2.75) is 23.6 Å². The lowest BCUT2D eigenvalue weighted by atomic mass is 10.0. The van der Waals surface area contributed by atoms with E-state index in [0.29, 0.717) is 0 Å². The summed E-state index contributed by atoms with van der Waals surface area (Å²) < 4.78 is 5.32. The number of carbonyl (C=O) groups is 1. The smallest absolute Gasteiger partial charge is 0.291 e. The van der Waals surface area contributed by atoms with E-state index >= 15 is 0 Å². The second-order valence-electron chi connectivity index (χ2n) is 7.64. The lowest BCUT2D eigenvalue weighted by molar-refractivity contribution is -0.379. The molecule has 3 aromatic rings. The van der Waals surface area contributed by atoms with Crippen molar-refractivity contribution in [1.82, 2.24) is 10.3 Å². The van der Waals surface area contributed by atoms with Crippen LogP contribution in [0.2, 0.25) is 0 Å². The zero-order valence-electron chi connectivity index (χ0n) is 18.5. The maximum atomic E-state index is 12.3. The van der Waals surface area contributed by atoms with Crippen molar-refractivity contribution >= 4 is 28.1 Å². The summed E-state index contributed by atoms with van der Waals surface area (Å²) in [5, 5.41) is 67.7. The van der Waals surface area contributed by atoms with Gasteiger partial charge in [-0.05, 0) is 17.7 Å². The standard InChI is InChI=1S/C22H26N4O8S/c1-34-16(13-5-3-2-4-6-13)11-24-22(32,33)21(30,31)14-7-9-15(10-8-14)25-18(27)20(28,29)17-12-35-19(23)26-17/h2-10,12,16,24,28-33H,11H2,1H3,(H2,23,26)(H,25,27). The van der Waals surface area contributed by atoms with E-state index in [-0.39, 0.29) is 28.6 Å². The van der Waals surface area contributed by atoms with Crippen LogP contribution in [-0.2, 0) is 21.1 Å². The highest BCUT2D eigenvalue weighted by Crippen LogP contribution is 2.30. The van der Waals surface area contributed by atoms with Crippen LogP contribution in [-0.4, -0.2) is 61.1 Å². The molecule has 0 radical (unpaired) electrons. The molecule has 0 spiro atoms. The van der Waals surface area contributed by atoms with Crippen molar-refractivity contribution in [3.8, 4) is 0 Å². The molecule has 1 unspecified atom stereocenters. The van der Waals surface area contributed by atoms with Gasteiger partial charge in [0.2, 0.25) is 0 Å². The number of methoxy groups -OCH3 is 1. The number of ether oxygens (including phenoxy) is 1. The zero-order valence-corrected chi connectivity index (χ0v) is 19.3. The number of nitrogens with two attached hydrogens (primary N) is 1. The van der Waals surface area contributed by atoms with Crippen molar-refractivity contribution in [2.75, 3.05) is 24.7 Å². The van der Waals surface area contributed by atoms with Gasteiger partial charge in [-0.1, -0.05) is 42.5 Å². The SMILES string of the molecule is COC(CNC(O)(O)C(O)(O)c1ccc(NC(=O)C(O)(O)c2csc(N)n2)cc1)c1ccccc1. The number of aromatic nitrogens is 1. The van der Waals surface area contributed by atoms with Crippen LogP contribution in [0.3, 0.4) is 0 Å². The van der Waals surface area contributed by atoms with Gasteiger partial charge in [0.15, 0.2) is 5.13 Å². The number of hydrogen-bond acceptors (Lipinski definition) is 12. The van der Waals surface area contributed by atoms with Crippen LogP contribution in [0.5, 0.6) is 0 Å². The quantitative estimate of drug-likeness (QED) is 0.156. The van der Waals surface area contributed by atoms with Crippen molar-refractivity contribution in [3.05, 3.63) is 76.8 Å². The first-order valence-electron chi connectivity index (χ1n) is 10.2. The van der Waals surface area contributed by atoms with Gasteiger partial charge in [-0.3, -0.25) is 10.1 Å². The molecule has 1 atom stereocenters. The molecule has 35 heavy (non-hydrogen) atoms. The molecule has 0 fully saturated rings. The van der Waals surface area contributed by atoms with Gasteiger partial charge in [-0.15, -0.1) is 11.3 Å². The summed E-state index contributed by atoms with van der Waals surface area (Å²) in [5.41, 5.74) is 5.52. The van der Waals surface area contributed by atoms with E-state index in [9.17, 15) is 35.4 Å². The number of benzene rings is 2. The Labute approximate surface area is 203 Å². The first kappa shape index (κ1) is 26.6. The number of aliphatic hydroxyl groups is 6. The molecule has 1 heterocycles. The van der Waals surface area contributed by atoms with E-state index in [1.807, 2.05) is 0 Å². The van der Waals surface area contributed by atoms with E-state index in [0.717, 1.165) is 29.0 Å². The van der Waals surface area contributed by atoms with Crippen LogP contribution in [0.4, 0.5) is 10.8 Å². The number of nitrogens with one attached hydrogen (secondary N) is 2. The second-order valence-corrected chi connectivity index (χ2v) is 8.52. The Morgan fingerprint density at radius 1 is 1.06 bits per heavy atom. The Morgan fingerprint density at radius 2 is 1.69 bits per heavy atom. The first-order valence-corrected chi connectivity index (χ1v) is 11.1. The Bertz CT molecular complexity index is 1140. The fourth-order valence-corrected chi connectivity index (χ4v) is 3.73.